The number of aromatic nitrogens is 1. The first-order chi connectivity index (χ1) is 9.65. The van der Waals surface area contributed by atoms with E-state index in [4.69, 9.17) is 9.47 Å². The third-order valence-corrected chi connectivity index (χ3v) is 4.67. The van der Waals surface area contributed by atoms with Gasteiger partial charge in [0.1, 0.15) is 0 Å². The summed E-state index contributed by atoms with van der Waals surface area (Å²) >= 11 is 5.23. The minimum atomic E-state index is 0.724. The Hall–Kier alpha value is -1.11. The van der Waals surface area contributed by atoms with Crippen LogP contribution in [0.15, 0.2) is 22.1 Å². The highest BCUT2D eigenvalue weighted by Gasteiger charge is 2.09. The summed E-state index contributed by atoms with van der Waals surface area (Å²) in [6, 6.07) is 3.91. The number of ether oxygens (including phenoxy) is 2. The molecular formula is C14H17BrN2O2S. The van der Waals surface area contributed by atoms with Crippen LogP contribution in [0.1, 0.15) is 16.1 Å². The first-order valence-electron chi connectivity index (χ1n) is 6.15. The molecule has 2 rings (SSSR count). The van der Waals surface area contributed by atoms with Gasteiger partial charge in [0.15, 0.2) is 11.5 Å². The summed E-state index contributed by atoms with van der Waals surface area (Å²) in [6.45, 7) is 3.59. The molecule has 0 amide bonds. The van der Waals surface area contributed by atoms with Gasteiger partial charge in [-0.3, -0.25) is 0 Å². The summed E-state index contributed by atoms with van der Waals surface area (Å²) in [4.78, 5) is 5.51. The molecule has 20 heavy (non-hydrogen) atoms. The highest BCUT2D eigenvalue weighted by molar-refractivity contribution is 9.10. The molecule has 0 saturated heterocycles. The molecule has 0 radical (unpaired) electrons. The fourth-order valence-corrected chi connectivity index (χ4v) is 3.05. The van der Waals surface area contributed by atoms with E-state index in [9.17, 15) is 0 Å². The Balaban J connectivity index is 2.04. The van der Waals surface area contributed by atoms with Crippen molar-refractivity contribution in [1.29, 1.82) is 0 Å². The molecule has 0 aliphatic rings. The van der Waals surface area contributed by atoms with E-state index in [0.29, 0.717) is 0 Å². The lowest BCUT2D eigenvalue weighted by molar-refractivity contribution is 0.354. The molecule has 1 aromatic carbocycles. The third kappa shape index (κ3) is 3.50. The molecule has 1 aromatic heterocycles. The van der Waals surface area contributed by atoms with Crippen LogP contribution < -0.4 is 14.8 Å². The second-order valence-electron chi connectivity index (χ2n) is 4.26. The van der Waals surface area contributed by atoms with Crippen molar-refractivity contribution in [2.24, 2.45) is 0 Å². The molecule has 0 bridgehead atoms. The standard InChI is InChI=1S/C14H17BrN2O2S/c1-9-14(20-8-17-9)7-16-6-10-4-12(18-2)13(19-3)5-11(10)15/h4-5,8,16H,6-7H2,1-3H3. The van der Waals surface area contributed by atoms with Crippen LogP contribution in [-0.2, 0) is 13.1 Å². The Labute approximate surface area is 131 Å². The largest absolute Gasteiger partial charge is 0.493 e. The van der Waals surface area contributed by atoms with Crippen LogP contribution in [0.3, 0.4) is 0 Å². The summed E-state index contributed by atoms with van der Waals surface area (Å²) in [5.74, 6) is 1.46. The zero-order valence-electron chi connectivity index (χ0n) is 11.7. The highest BCUT2D eigenvalue weighted by atomic mass is 79.9. The van der Waals surface area contributed by atoms with E-state index in [2.05, 4.69) is 26.2 Å². The summed E-state index contributed by atoms with van der Waals surface area (Å²) in [5, 5.41) is 3.42. The first kappa shape index (κ1) is 15.3. The maximum absolute atomic E-state index is 5.32. The highest BCUT2D eigenvalue weighted by Crippen LogP contribution is 2.33. The number of methoxy groups -OCH3 is 2. The Morgan fingerprint density at radius 1 is 1.20 bits per heavy atom. The van der Waals surface area contributed by atoms with E-state index >= 15 is 0 Å². The fraction of sp³-hybridized carbons (Fsp3) is 0.357. The fourth-order valence-electron chi connectivity index (χ4n) is 1.84. The molecule has 1 N–H and O–H groups in total. The maximum Gasteiger partial charge on any atom is 0.161 e. The molecular weight excluding hydrogens is 340 g/mol. The lowest BCUT2D eigenvalue weighted by atomic mass is 10.2. The van der Waals surface area contributed by atoms with Gasteiger partial charge in [-0.1, -0.05) is 15.9 Å². The van der Waals surface area contributed by atoms with Crippen molar-refractivity contribution in [3.63, 3.8) is 0 Å². The predicted octanol–water partition coefficient (Wildman–Crippen LogP) is 3.52. The van der Waals surface area contributed by atoms with Crippen molar-refractivity contribution in [2.45, 2.75) is 20.0 Å². The molecule has 6 heteroatoms. The van der Waals surface area contributed by atoms with Crippen molar-refractivity contribution >= 4 is 27.3 Å². The summed E-state index contributed by atoms with van der Waals surface area (Å²) in [5.41, 5.74) is 4.09. The van der Waals surface area contributed by atoms with Crippen molar-refractivity contribution in [3.8, 4) is 11.5 Å². The SMILES string of the molecule is COc1cc(Br)c(CNCc2scnc2C)cc1OC. The van der Waals surface area contributed by atoms with Crippen molar-refractivity contribution in [2.75, 3.05) is 14.2 Å². The Kier molecular flexibility index (Phi) is 5.39. The monoisotopic (exact) mass is 356 g/mol. The number of nitrogens with zero attached hydrogens (tertiary/aromatic N) is 1. The van der Waals surface area contributed by atoms with Crippen LogP contribution in [0, 0.1) is 6.92 Å². The van der Waals surface area contributed by atoms with E-state index in [1.807, 2.05) is 24.6 Å². The van der Waals surface area contributed by atoms with Crippen LogP contribution in [0.2, 0.25) is 0 Å². The number of hydrogen-bond donors (Lipinski definition) is 1. The van der Waals surface area contributed by atoms with Gasteiger partial charge in [-0.05, 0) is 24.6 Å². The van der Waals surface area contributed by atoms with E-state index in [1.165, 1.54) is 4.88 Å². The summed E-state index contributed by atoms with van der Waals surface area (Å²) < 4.78 is 11.6. The molecule has 0 saturated carbocycles. The van der Waals surface area contributed by atoms with Gasteiger partial charge >= 0.3 is 0 Å². The molecule has 0 fully saturated rings. The number of benzene rings is 1. The van der Waals surface area contributed by atoms with Crippen LogP contribution in [0.4, 0.5) is 0 Å². The molecule has 4 nitrogen and oxygen atoms in total. The van der Waals surface area contributed by atoms with Gasteiger partial charge in [0, 0.05) is 22.4 Å². The Morgan fingerprint density at radius 3 is 2.50 bits per heavy atom. The maximum atomic E-state index is 5.32. The summed E-state index contributed by atoms with van der Waals surface area (Å²) in [7, 11) is 3.28. The molecule has 108 valence electrons. The van der Waals surface area contributed by atoms with E-state index in [-0.39, 0.29) is 0 Å². The van der Waals surface area contributed by atoms with Gasteiger partial charge < -0.3 is 14.8 Å². The van der Waals surface area contributed by atoms with Crippen LogP contribution >= 0.6 is 27.3 Å². The van der Waals surface area contributed by atoms with E-state index in [1.54, 1.807) is 25.6 Å². The predicted molar refractivity (Wildman–Crippen MR) is 84.6 cm³/mol. The van der Waals surface area contributed by atoms with Gasteiger partial charge in [-0.2, -0.15) is 0 Å². The molecule has 2 aromatic rings. The van der Waals surface area contributed by atoms with Crippen LogP contribution in [0.5, 0.6) is 11.5 Å². The second-order valence-corrected chi connectivity index (χ2v) is 6.06. The second kappa shape index (κ2) is 7.06. The normalized spacial score (nSPS) is 10.6. The van der Waals surface area contributed by atoms with E-state index < -0.39 is 0 Å². The minimum absolute atomic E-state index is 0.724. The number of nitrogens with one attached hydrogen (secondary N) is 1. The average Bonchev–Trinajstić information content (AvgIpc) is 2.85. The quantitative estimate of drug-likeness (QED) is 0.859. The lowest BCUT2D eigenvalue weighted by Crippen LogP contribution is -2.13. The number of aryl methyl sites for hydroxylation is 1. The topological polar surface area (TPSA) is 43.4 Å². The molecule has 0 atom stereocenters. The van der Waals surface area contributed by atoms with Crippen molar-refractivity contribution in [3.05, 3.63) is 38.3 Å². The summed E-state index contributed by atoms with van der Waals surface area (Å²) in [6.07, 6.45) is 0. The zero-order chi connectivity index (χ0) is 14.5. The number of halogens is 1. The minimum Gasteiger partial charge on any atom is -0.493 e. The number of hydrogen-bond acceptors (Lipinski definition) is 5. The van der Waals surface area contributed by atoms with Crippen molar-refractivity contribution < 1.29 is 9.47 Å². The molecule has 0 aliphatic heterocycles. The zero-order valence-corrected chi connectivity index (χ0v) is 14.1. The molecule has 0 spiro atoms. The smallest absolute Gasteiger partial charge is 0.161 e. The molecule has 1 heterocycles. The van der Waals surface area contributed by atoms with E-state index in [0.717, 1.165) is 40.3 Å². The average molecular weight is 357 g/mol. The molecule has 0 aliphatic carbocycles. The van der Waals surface area contributed by atoms with Crippen LogP contribution in [-0.4, -0.2) is 19.2 Å². The van der Waals surface area contributed by atoms with Gasteiger partial charge in [0.05, 0.1) is 25.4 Å². The number of rotatable bonds is 6. The van der Waals surface area contributed by atoms with Gasteiger partial charge in [-0.25, -0.2) is 4.98 Å². The lowest BCUT2D eigenvalue weighted by Gasteiger charge is -2.12. The van der Waals surface area contributed by atoms with Gasteiger partial charge in [-0.15, -0.1) is 11.3 Å². The Morgan fingerprint density at radius 2 is 1.90 bits per heavy atom. The molecule has 0 unspecified atom stereocenters. The van der Waals surface area contributed by atoms with Crippen LogP contribution in [0.25, 0.3) is 0 Å². The first-order valence-corrected chi connectivity index (χ1v) is 7.83. The van der Waals surface area contributed by atoms with Crippen molar-refractivity contribution in [1.82, 2.24) is 10.3 Å². The van der Waals surface area contributed by atoms with Gasteiger partial charge in [0.25, 0.3) is 0 Å². The Bertz CT molecular complexity index is 587. The third-order valence-electron chi connectivity index (χ3n) is 3.00. The van der Waals surface area contributed by atoms with Gasteiger partial charge in [0.2, 0.25) is 0 Å². The number of thiazole rings is 1.